The van der Waals surface area contributed by atoms with Crippen LogP contribution in [0.5, 0.6) is 0 Å². The summed E-state index contributed by atoms with van der Waals surface area (Å²) < 4.78 is 0. The van der Waals surface area contributed by atoms with E-state index in [0.29, 0.717) is 5.92 Å². The van der Waals surface area contributed by atoms with Crippen molar-refractivity contribution in [1.82, 2.24) is 9.88 Å². The largest absolute Gasteiger partial charge is 0.361 e. The van der Waals surface area contributed by atoms with E-state index in [9.17, 15) is 0 Å². The molecule has 1 saturated heterocycles. The Balaban J connectivity index is 1.62. The first-order valence-corrected chi connectivity index (χ1v) is 10.3. The number of aromatic amines is 1. The third-order valence-corrected chi connectivity index (χ3v) is 6.07. The van der Waals surface area contributed by atoms with Crippen LogP contribution in [0.4, 0.5) is 0 Å². The number of rotatable bonds is 5. The first kappa shape index (κ1) is 18.3. The molecule has 1 aliphatic heterocycles. The highest BCUT2D eigenvalue weighted by atomic mass is 15.1. The highest BCUT2D eigenvalue weighted by molar-refractivity contribution is 5.96. The van der Waals surface area contributed by atoms with E-state index in [1.807, 2.05) is 6.20 Å². The van der Waals surface area contributed by atoms with Crippen LogP contribution in [-0.2, 0) is 6.54 Å². The van der Waals surface area contributed by atoms with Gasteiger partial charge in [0.2, 0.25) is 0 Å². The summed E-state index contributed by atoms with van der Waals surface area (Å²) in [6, 6.07) is 15.8. The second kappa shape index (κ2) is 7.87. The molecule has 1 aromatic heterocycles. The van der Waals surface area contributed by atoms with E-state index < -0.39 is 0 Å². The molecule has 0 spiro atoms. The van der Waals surface area contributed by atoms with E-state index >= 15 is 0 Å². The summed E-state index contributed by atoms with van der Waals surface area (Å²) in [5.74, 6) is 1.22. The number of fused-ring (bicyclic) bond motifs is 1. The molecule has 2 aromatic carbocycles. The number of aromatic nitrogens is 1. The summed E-state index contributed by atoms with van der Waals surface area (Å²) in [7, 11) is 0. The van der Waals surface area contributed by atoms with Crippen molar-refractivity contribution in [3.63, 3.8) is 0 Å². The molecule has 0 atom stereocenters. The van der Waals surface area contributed by atoms with Gasteiger partial charge in [0.25, 0.3) is 0 Å². The monoisotopic (exact) mass is 361 g/mol. The fourth-order valence-electron chi connectivity index (χ4n) is 4.39. The van der Waals surface area contributed by atoms with Crippen molar-refractivity contribution in [2.24, 2.45) is 11.7 Å². The summed E-state index contributed by atoms with van der Waals surface area (Å²) in [5, 5.41) is 1.30. The Bertz CT molecular complexity index is 901. The third-order valence-electron chi connectivity index (χ3n) is 6.07. The predicted molar refractivity (Wildman–Crippen MR) is 115 cm³/mol. The maximum Gasteiger partial charge on any atom is 0.0460 e. The molecule has 3 heteroatoms. The van der Waals surface area contributed by atoms with Gasteiger partial charge in [-0.25, -0.2) is 0 Å². The standard InChI is InChI=1S/C24H31N3/c1-17(2)23-14-19(16-27-12-9-18(15-25)10-13-27)6-7-21(23)20-4-3-5-24-22(20)8-11-26-24/h3-8,11,14,17-18,26H,9-10,12-13,15-16,25H2,1-2H3. The molecule has 0 amide bonds. The van der Waals surface area contributed by atoms with Crippen LogP contribution in [0.3, 0.4) is 0 Å². The highest BCUT2D eigenvalue weighted by Gasteiger charge is 2.19. The van der Waals surface area contributed by atoms with Crippen LogP contribution in [0.2, 0.25) is 0 Å². The number of nitrogens with two attached hydrogens (primary N) is 1. The average Bonchev–Trinajstić information content (AvgIpc) is 3.17. The molecule has 3 N–H and O–H groups in total. The van der Waals surface area contributed by atoms with Gasteiger partial charge in [-0.2, -0.15) is 0 Å². The summed E-state index contributed by atoms with van der Waals surface area (Å²) in [6.45, 7) is 8.82. The van der Waals surface area contributed by atoms with Gasteiger partial charge >= 0.3 is 0 Å². The fraction of sp³-hybridized carbons (Fsp3) is 0.417. The Labute approximate surface area is 162 Å². The minimum absolute atomic E-state index is 0.497. The predicted octanol–water partition coefficient (Wildman–Crippen LogP) is 5.13. The number of nitrogens with zero attached hydrogens (tertiary/aromatic N) is 1. The van der Waals surface area contributed by atoms with E-state index in [4.69, 9.17) is 5.73 Å². The lowest BCUT2D eigenvalue weighted by molar-refractivity contribution is 0.180. The van der Waals surface area contributed by atoms with Crippen molar-refractivity contribution < 1.29 is 0 Å². The molecule has 0 bridgehead atoms. The third kappa shape index (κ3) is 3.80. The number of H-pyrrole nitrogens is 1. The van der Waals surface area contributed by atoms with Crippen molar-refractivity contribution in [3.05, 3.63) is 59.8 Å². The van der Waals surface area contributed by atoms with E-state index in [1.165, 1.54) is 59.1 Å². The SMILES string of the molecule is CC(C)c1cc(CN2CCC(CN)CC2)ccc1-c1cccc2[nH]ccc12. The first-order valence-electron chi connectivity index (χ1n) is 10.3. The van der Waals surface area contributed by atoms with Crippen LogP contribution >= 0.6 is 0 Å². The van der Waals surface area contributed by atoms with E-state index in [2.05, 4.69) is 66.2 Å². The number of nitrogens with one attached hydrogen (secondary N) is 1. The van der Waals surface area contributed by atoms with Crippen LogP contribution in [-0.4, -0.2) is 29.5 Å². The second-order valence-electron chi connectivity index (χ2n) is 8.28. The van der Waals surface area contributed by atoms with Gasteiger partial charge in [0, 0.05) is 23.6 Å². The normalized spacial score (nSPS) is 16.4. The smallest absolute Gasteiger partial charge is 0.0460 e. The molecular weight excluding hydrogens is 330 g/mol. The Morgan fingerprint density at radius 1 is 1.07 bits per heavy atom. The minimum atomic E-state index is 0.497. The zero-order valence-electron chi connectivity index (χ0n) is 16.5. The molecule has 3 nitrogen and oxygen atoms in total. The summed E-state index contributed by atoms with van der Waals surface area (Å²) in [6.07, 6.45) is 4.50. The quantitative estimate of drug-likeness (QED) is 0.662. The molecule has 27 heavy (non-hydrogen) atoms. The highest BCUT2D eigenvalue weighted by Crippen LogP contribution is 2.35. The van der Waals surface area contributed by atoms with Gasteiger partial charge in [0.1, 0.15) is 0 Å². The number of hydrogen-bond acceptors (Lipinski definition) is 2. The molecule has 0 saturated carbocycles. The molecule has 0 unspecified atom stereocenters. The minimum Gasteiger partial charge on any atom is -0.361 e. The van der Waals surface area contributed by atoms with Gasteiger partial charge < -0.3 is 10.7 Å². The van der Waals surface area contributed by atoms with Gasteiger partial charge in [-0.1, -0.05) is 44.2 Å². The zero-order chi connectivity index (χ0) is 18.8. The van der Waals surface area contributed by atoms with Gasteiger partial charge in [-0.15, -0.1) is 0 Å². The molecule has 4 rings (SSSR count). The molecule has 1 fully saturated rings. The fourth-order valence-corrected chi connectivity index (χ4v) is 4.39. The molecule has 3 aromatic rings. The van der Waals surface area contributed by atoms with Crippen LogP contribution < -0.4 is 5.73 Å². The van der Waals surface area contributed by atoms with Crippen molar-refractivity contribution in [3.8, 4) is 11.1 Å². The number of hydrogen-bond donors (Lipinski definition) is 2. The topological polar surface area (TPSA) is 45.0 Å². The maximum atomic E-state index is 5.84. The van der Waals surface area contributed by atoms with Crippen molar-refractivity contribution in [2.45, 2.75) is 39.2 Å². The Hall–Kier alpha value is -2.10. The lowest BCUT2D eigenvalue weighted by atomic mass is 9.89. The molecule has 1 aliphatic rings. The zero-order valence-corrected chi connectivity index (χ0v) is 16.5. The Morgan fingerprint density at radius 3 is 2.63 bits per heavy atom. The van der Waals surface area contributed by atoms with Gasteiger partial charge in [-0.05, 0) is 78.7 Å². The lowest BCUT2D eigenvalue weighted by Crippen LogP contribution is -2.35. The Kier molecular flexibility index (Phi) is 5.33. The summed E-state index contributed by atoms with van der Waals surface area (Å²) >= 11 is 0. The van der Waals surface area contributed by atoms with Crippen LogP contribution in [0.25, 0.3) is 22.0 Å². The van der Waals surface area contributed by atoms with Crippen molar-refractivity contribution >= 4 is 10.9 Å². The van der Waals surface area contributed by atoms with Gasteiger partial charge in [0.15, 0.2) is 0 Å². The summed E-state index contributed by atoms with van der Waals surface area (Å²) in [4.78, 5) is 5.92. The number of likely N-dealkylation sites (tertiary alicyclic amines) is 1. The maximum absolute atomic E-state index is 5.84. The van der Waals surface area contributed by atoms with E-state index in [-0.39, 0.29) is 0 Å². The lowest BCUT2D eigenvalue weighted by Gasteiger charge is -2.31. The molecule has 2 heterocycles. The van der Waals surface area contributed by atoms with Crippen LogP contribution in [0, 0.1) is 5.92 Å². The van der Waals surface area contributed by atoms with E-state index in [0.717, 1.165) is 19.0 Å². The second-order valence-corrected chi connectivity index (χ2v) is 8.28. The Morgan fingerprint density at radius 2 is 1.89 bits per heavy atom. The van der Waals surface area contributed by atoms with Gasteiger partial charge in [-0.3, -0.25) is 4.90 Å². The van der Waals surface area contributed by atoms with E-state index in [1.54, 1.807) is 0 Å². The van der Waals surface area contributed by atoms with Crippen LogP contribution in [0.15, 0.2) is 48.7 Å². The van der Waals surface area contributed by atoms with Crippen LogP contribution in [0.1, 0.15) is 43.7 Å². The van der Waals surface area contributed by atoms with Crippen molar-refractivity contribution in [1.29, 1.82) is 0 Å². The molecular formula is C24H31N3. The number of benzene rings is 2. The number of piperidine rings is 1. The molecule has 0 radical (unpaired) electrons. The summed E-state index contributed by atoms with van der Waals surface area (Å²) in [5.41, 5.74) is 12.6. The van der Waals surface area contributed by atoms with Crippen molar-refractivity contribution in [2.75, 3.05) is 19.6 Å². The first-order chi connectivity index (χ1) is 13.2. The molecule has 0 aliphatic carbocycles. The van der Waals surface area contributed by atoms with Gasteiger partial charge in [0.05, 0.1) is 0 Å². The molecule has 142 valence electrons. The average molecular weight is 362 g/mol.